The maximum atomic E-state index is 12.0. The zero-order valence-corrected chi connectivity index (χ0v) is 10.8. The lowest BCUT2D eigenvalue weighted by atomic mass is 10.1. The van der Waals surface area contributed by atoms with Gasteiger partial charge in [-0.05, 0) is 19.8 Å². The Morgan fingerprint density at radius 3 is 2.53 bits per heavy atom. The van der Waals surface area contributed by atoms with E-state index in [-0.39, 0.29) is 19.1 Å². The van der Waals surface area contributed by atoms with Crippen LogP contribution in [0.5, 0.6) is 0 Å². The van der Waals surface area contributed by atoms with Crippen molar-refractivity contribution in [3.05, 3.63) is 22.1 Å². The summed E-state index contributed by atoms with van der Waals surface area (Å²) in [6.45, 7) is 3.05. The van der Waals surface area contributed by atoms with Crippen LogP contribution < -0.4 is 11.1 Å². The number of carbonyl (C=O) groups excluding carboxylic acids is 2. The van der Waals surface area contributed by atoms with E-state index < -0.39 is 17.2 Å². The molecule has 1 amide bonds. The zero-order chi connectivity index (χ0) is 14.0. The number of esters is 1. The van der Waals surface area contributed by atoms with Crippen molar-refractivity contribution in [3.63, 3.8) is 0 Å². The third-order valence-electron chi connectivity index (χ3n) is 3.13. The molecule has 1 N–H and O–H groups in total. The predicted molar refractivity (Wildman–Crippen MR) is 62.1 cm³/mol. The van der Waals surface area contributed by atoms with Crippen molar-refractivity contribution < 1.29 is 23.2 Å². The summed E-state index contributed by atoms with van der Waals surface area (Å²) in [7, 11) is 0. The highest BCUT2D eigenvalue weighted by atomic mass is 16.6. The van der Waals surface area contributed by atoms with Crippen molar-refractivity contribution in [1.82, 2.24) is 5.32 Å². The van der Waals surface area contributed by atoms with Crippen LogP contribution in [0.4, 0.5) is 0 Å². The fourth-order valence-electron chi connectivity index (χ4n) is 1.71. The predicted octanol–water partition coefficient (Wildman–Crippen LogP) is 0.501. The Kier molecular flexibility index (Phi) is 3.46. The summed E-state index contributed by atoms with van der Waals surface area (Å²) in [6, 6.07) is 0. The molecule has 0 unspecified atom stereocenters. The molecule has 7 nitrogen and oxygen atoms in total. The van der Waals surface area contributed by atoms with Crippen molar-refractivity contribution >= 4 is 11.9 Å². The Morgan fingerprint density at radius 1 is 1.37 bits per heavy atom. The first kappa shape index (κ1) is 13.4. The molecule has 0 aromatic carbocycles. The average Bonchev–Trinajstić information content (AvgIpc) is 3.06. The van der Waals surface area contributed by atoms with E-state index in [2.05, 4.69) is 9.73 Å². The van der Waals surface area contributed by atoms with Gasteiger partial charge in [0.25, 0.3) is 0 Å². The molecule has 1 heterocycles. The monoisotopic (exact) mass is 269 g/mol. The number of carbonyl (C=O) groups is 2. The van der Waals surface area contributed by atoms with E-state index in [1.807, 2.05) is 0 Å². The lowest BCUT2D eigenvalue weighted by molar-refractivity contribution is -0.145. The zero-order valence-electron chi connectivity index (χ0n) is 10.8. The molecular weight excluding hydrogens is 254 g/mol. The highest BCUT2D eigenvalue weighted by Crippen LogP contribution is 2.46. The molecule has 0 radical (unpaired) electrons. The Hall–Kier alpha value is -2.05. The largest absolute Gasteiger partial charge is 0.519 e. The molecule has 1 aliphatic carbocycles. The summed E-state index contributed by atoms with van der Waals surface area (Å²) in [5, 5.41) is 2.66. The van der Waals surface area contributed by atoms with Gasteiger partial charge in [0, 0.05) is 6.92 Å². The smallest absolute Gasteiger partial charge is 0.465 e. The number of aryl methyl sites for hydroxylation is 1. The molecule has 1 aliphatic rings. The SMILES string of the molecule is CC(=O)OCC1(C(=O)NCc2oc(=O)oc2C)CC1. The van der Waals surface area contributed by atoms with Crippen LogP contribution in [0.2, 0.25) is 0 Å². The highest BCUT2D eigenvalue weighted by molar-refractivity contribution is 5.85. The maximum Gasteiger partial charge on any atom is 0.519 e. The topological polar surface area (TPSA) is 98.8 Å². The van der Waals surface area contributed by atoms with Crippen LogP contribution in [-0.4, -0.2) is 18.5 Å². The number of hydrogen-bond acceptors (Lipinski definition) is 6. The molecule has 1 saturated carbocycles. The molecule has 1 aromatic heterocycles. The summed E-state index contributed by atoms with van der Waals surface area (Å²) < 4.78 is 14.3. The molecule has 0 aliphatic heterocycles. The molecule has 1 fully saturated rings. The second-order valence-electron chi connectivity index (χ2n) is 4.68. The first-order valence-corrected chi connectivity index (χ1v) is 5.94. The van der Waals surface area contributed by atoms with Gasteiger partial charge in [-0.25, -0.2) is 4.79 Å². The minimum Gasteiger partial charge on any atom is -0.465 e. The van der Waals surface area contributed by atoms with Crippen LogP contribution in [0.25, 0.3) is 0 Å². The normalized spacial score (nSPS) is 15.9. The van der Waals surface area contributed by atoms with Gasteiger partial charge < -0.3 is 18.9 Å². The van der Waals surface area contributed by atoms with Crippen LogP contribution in [0.3, 0.4) is 0 Å². The van der Waals surface area contributed by atoms with Crippen molar-refractivity contribution in [2.75, 3.05) is 6.61 Å². The minimum atomic E-state index is -0.789. The first-order chi connectivity index (χ1) is 8.93. The number of nitrogens with one attached hydrogen (secondary N) is 1. The molecule has 0 bridgehead atoms. The number of amides is 1. The van der Waals surface area contributed by atoms with Gasteiger partial charge in [0.2, 0.25) is 5.91 Å². The van der Waals surface area contributed by atoms with E-state index in [4.69, 9.17) is 9.15 Å². The van der Waals surface area contributed by atoms with Crippen LogP contribution in [-0.2, 0) is 20.9 Å². The summed E-state index contributed by atoms with van der Waals surface area (Å²) in [5.41, 5.74) is -0.621. The average molecular weight is 269 g/mol. The fraction of sp³-hybridized carbons (Fsp3) is 0.583. The molecular formula is C12H15NO6. The van der Waals surface area contributed by atoms with E-state index in [1.165, 1.54) is 6.92 Å². The molecule has 104 valence electrons. The Bertz CT molecular complexity index is 551. The standard InChI is InChI=1S/C12H15NO6/c1-7-9(19-11(16)18-7)5-13-10(15)12(3-4-12)6-17-8(2)14/h3-6H2,1-2H3,(H,13,15). The van der Waals surface area contributed by atoms with E-state index in [0.29, 0.717) is 24.4 Å². The second-order valence-corrected chi connectivity index (χ2v) is 4.68. The van der Waals surface area contributed by atoms with Gasteiger partial charge in [-0.1, -0.05) is 0 Å². The van der Waals surface area contributed by atoms with Crippen LogP contribution in [0.1, 0.15) is 31.3 Å². The van der Waals surface area contributed by atoms with Crippen molar-refractivity contribution in [3.8, 4) is 0 Å². The lowest BCUT2D eigenvalue weighted by Crippen LogP contribution is -2.35. The van der Waals surface area contributed by atoms with E-state index in [0.717, 1.165) is 0 Å². The number of hydrogen-bond donors (Lipinski definition) is 1. The summed E-state index contributed by atoms with van der Waals surface area (Å²) in [4.78, 5) is 33.6. The van der Waals surface area contributed by atoms with E-state index in [9.17, 15) is 14.4 Å². The third-order valence-corrected chi connectivity index (χ3v) is 3.13. The van der Waals surface area contributed by atoms with Crippen molar-refractivity contribution in [2.24, 2.45) is 5.41 Å². The molecule has 2 rings (SSSR count). The summed E-state index contributed by atoms with van der Waals surface area (Å²) in [6.07, 6.45) is 1.36. The van der Waals surface area contributed by atoms with Crippen LogP contribution in [0, 0.1) is 12.3 Å². The van der Waals surface area contributed by atoms with E-state index >= 15 is 0 Å². The van der Waals surface area contributed by atoms with Gasteiger partial charge in [0.05, 0.1) is 12.0 Å². The van der Waals surface area contributed by atoms with E-state index in [1.54, 1.807) is 6.92 Å². The minimum absolute atomic E-state index is 0.0816. The highest BCUT2D eigenvalue weighted by Gasteiger charge is 2.50. The van der Waals surface area contributed by atoms with Crippen molar-refractivity contribution in [1.29, 1.82) is 0 Å². The summed E-state index contributed by atoms with van der Waals surface area (Å²) in [5.74, 6) is -0.771. The van der Waals surface area contributed by atoms with Gasteiger partial charge >= 0.3 is 11.8 Å². The first-order valence-electron chi connectivity index (χ1n) is 5.94. The lowest BCUT2D eigenvalue weighted by Gasteiger charge is -2.14. The molecule has 7 heteroatoms. The third kappa shape index (κ3) is 3.04. The fourth-order valence-corrected chi connectivity index (χ4v) is 1.71. The summed E-state index contributed by atoms with van der Waals surface area (Å²) >= 11 is 0. The molecule has 0 atom stereocenters. The Morgan fingerprint density at radius 2 is 2.05 bits per heavy atom. The number of rotatable bonds is 5. The number of ether oxygens (including phenoxy) is 1. The maximum absolute atomic E-state index is 12.0. The Balaban J connectivity index is 1.89. The Labute approximate surface area is 108 Å². The molecule has 19 heavy (non-hydrogen) atoms. The van der Waals surface area contributed by atoms with Gasteiger partial charge in [-0.15, -0.1) is 0 Å². The quantitative estimate of drug-likeness (QED) is 0.781. The molecule has 0 saturated heterocycles. The van der Waals surface area contributed by atoms with Crippen molar-refractivity contribution in [2.45, 2.75) is 33.2 Å². The second kappa shape index (κ2) is 4.91. The van der Waals surface area contributed by atoms with Gasteiger partial charge in [-0.3, -0.25) is 9.59 Å². The van der Waals surface area contributed by atoms with Crippen LogP contribution >= 0.6 is 0 Å². The van der Waals surface area contributed by atoms with Gasteiger partial charge in [0.15, 0.2) is 5.76 Å². The molecule has 1 aromatic rings. The van der Waals surface area contributed by atoms with Gasteiger partial charge in [0.1, 0.15) is 12.4 Å². The van der Waals surface area contributed by atoms with Gasteiger partial charge in [-0.2, -0.15) is 0 Å². The van der Waals surface area contributed by atoms with Crippen LogP contribution in [0.15, 0.2) is 13.6 Å². The molecule has 0 spiro atoms.